The largest absolute Gasteiger partial charge is 0.348 e. The predicted molar refractivity (Wildman–Crippen MR) is 128 cm³/mol. The van der Waals surface area contributed by atoms with Crippen molar-refractivity contribution < 1.29 is 22.4 Å². The number of halogens is 1. The molecule has 0 aliphatic carbocycles. The van der Waals surface area contributed by atoms with E-state index in [9.17, 15) is 22.4 Å². The Morgan fingerprint density at radius 2 is 1.59 bits per heavy atom. The molecule has 0 heterocycles. The highest BCUT2D eigenvalue weighted by Gasteiger charge is 2.17. The van der Waals surface area contributed by atoms with Gasteiger partial charge in [-0.15, -0.1) is 0 Å². The van der Waals surface area contributed by atoms with E-state index in [0.29, 0.717) is 5.56 Å². The summed E-state index contributed by atoms with van der Waals surface area (Å²) in [6, 6.07) is 17.5. The third-order valence-electron chi connectivity index (χ3n) is 5.25. The molecule has 0 unspecified atom stereocenters. The van der Waals surface area contributed by atoms with Crippen LogP contribution in [0.15, 0.2) is 77.7 Å². The van der Waals surface area contributed by atoms with Crippen LogP contribution in [0.5, 0.6) is 0 Å². The van der Waals surface area contributed by atoms with Crippen molar-refractivity contribution in [2.24, 2.45) is 0 Å². The number of anilines is 1. The van der Waals surface area contributed by atoms with Gasteiger partial charge in [-0.1, -0.05) is 18.2 Å². The van der Waals surface area contributed by atoms with Crippen LogP contribution in [0.3, 0.4) is 0 Å². The summed E-state index contributed by atoms with van der Waals surface area (Å²) in [6.07, 6.45) is 0. The SMILES string of the molecule is CC(C)N(C)C(=O)c1ccc(CNC(=O)c2cccc(S(=O)(=O)Nc3ccc(F)cc3)c2)cc1. The summed E-state index contributed by atoms with van der Waals surface area (Å²) >= 11 is 0. The molecule has 2 N–H and O–H groups in total. The Labute approximate surface area is 198 Å². The van der Waals surface area contributed by atoms with Gasteiger partial charge in [-0.2, -0.15) is 0 Å². The fraction of sp³-hybridized carbons (Fsp3) is 0.200. The molecule has 0 saturated carbocycles. The molecule has 3 rings (SSSR count). The molecular weight excluding hydrogens is 457 g/mol. The fourth-order valence-corrected chi connectivity index (χ4v) is 4.13. The Balaban J connectivity index is 1.65. The molecule has 0 radical (unpaired) electrons. The molecular formula is C25H26FN3O4S. The van der Waals surface area contributed by atoms with Gasteiger partial charge in [0.05, 0.1) is 4.90 Å². The Hall–Kier alpha value is -3.72. The molecule has 0 aliphatic rings. The van der Waals surface area contributed by atoms with Gasteiger partial charge in [0.15, 0.2) is 0 Å². The maximum atomic E-state index is 13.1. The summed E-state index contributed by atoms with van der Waals surface area (Å²) in [5.74, 6) is -1.01. The molecule has 0 saturated heterocycles. The van der Waals surface area contributed by atoms with Crippen molar-refractivity contribution in [3.63, 3.8) is 0 Å². The Kier molecular flexibility index (Phi) is 7.68. The van der Waals surface area contributed by atoms with Gasteiger partial charge in [0.1, 0.15) is 5.82 Å². The molecule has 9 heteroatoms. The van der Waals surface area contributed by atoms with Crippen LogP contribution in [-0.4, -0.2) is 38.2 Å². The monoisotopic (exact) mass is 483 g/mol. The molecule has 0 bridgehead atoms. The fourth-order valence-electron chi connectivity index (χ4n) is 3.02. The lowest BCUT2D eigenvalue weighted by Crippen LogP contribution is -2.32. The highest BCUT2D eigenvalue weighted by Crippen LogP contribution is 2.18. The van der Waals surface area contributed by atoms with E-state index in [1.165, 1.54) is 36.4 Å². The second-order valence-electron chi connectivity index (χ2n) is 8.03. The van der Waals surface area contributed by atoms with E-state index in [4.69, 9.17) is 0 Å². The number of nitrogens with one attached hydrogen (secondary N) is 2. The van der Waals surface area contributed by atoms with E-state index in [2.05, 4.69) is 10.0 Å². The lowest BCUT2D eigenvalue weighted by atomic mass is 10.1. The molecule has 0 atom stereocenters. The topological polar surface area (TPSA) is 95.6 Å². The summed E-state index contributed by atoms with van der Waals surface area (Å²) in [4.78, 5) is 26.5. The number of amides is 2. The zero-order valence-corrected chi connectivity index (χ0v) is 19.9. The van der Waals surface area contributed by atoms with Gasteiger partial charge in [-0.3, -0.25) is 14.3 Å². The standard InChI is InChI=1S/C25H26FN3O4S/c1-17(2)29(3)25(31)19-9-7-18(8-10-19)16-27-24(30)20-5-4-6-23(15-20)34(32,33)28-22-13-11-21(26)12-14-22/h4-15,17,28H,16H2,1-3H3,(H,27,30). The van der Waals surface area contributed by atoms with Crippen LogP contribution < -0.4 is 10.0 Å². The van der Waals surface area contributed by atoms with Gasteiger partial charge in [0.25, 0.3) is 21.8 Å². The summed E-state index contributed by atoms with van der Waals surface area (Å²) in [6.45, 7) is 4.07. The van der Waals surface area contributed by atoms with Crippen LogP contribution in [0.2, 0.25) is 0 Å². The zero-order valence-electron chi connectivity index (χ0n) is 19.1. The van der Waals surface area contributed by atoms with Gasteiger partial charge in [0, 0.05) is 36.4 Å². The van der Waals surface area contributed by atoms with Crippen molar-refractivity contribution >= 4 is 27.5 Å². The van der Waals surface area contributed by atoms with Gasteiger partial charge in [-0.25, -0.2) is 12.8 Å². The van der Waals surface area contributed by atoms with Crippen molar-refractivity contribution in [2.75, 3.05) is 11.8 Å². The minimum absolute atomic E-state index is 0.0805. The van der Waals surface area contributed by atoms with E-state index in [1.807, 2.05) is 13.8 Å². The number of carbonyl (C=O) groups excluding carboxylic acids is 2. The first-order valence-corrected chi connectivity index (χ1v) is 12.1. The van der Waals surface area contributed by atoms with Crippen molar-refractivity contribution in [2.45, 2.75) is 31.3 Å². The van der Waals surface area contributed by atoms with Crippen LogP contribution in [0.25, 0.3) is 0 Å². The molecule has 3 aromatic rings. The number of hydrogen-bond donors (Lipinski definition) is 2. The highest BCUT2D eigenvalue weighted by atomic mass is 32.2. The number of benzene rings is 3. The second-order valence-corrected chi connectivity index (χ2v) is 9.71. The lowest BCUT2D eigenvalue weighted by molar-refractivity contribution is 0.0754. The molecule has 178 valence electrons. The molecule has 2 amide bonds. The average Bonchev–Trinajstić information content (AvgIpc) is 2.83. The van der Waals surface area contributed by atoms with E-state index in [-0.39, 0.29) is 34.6 Å². The Morgan fingerprint density at radius 3 is 2.21 bits per heavy atom. The Bertz CT molecular complexity index is 1270. The van der Waals surface area contributed by atoms with Crippen LogP contribution in [0.4, 0.5) is 10.1 Å². The van der Waals surface area contributed by atoms with E-state index >= 15 is 0 Å². The molecule has 0 aliphatic heterocycles. The van der Waals surface area contributed by atoms with Crippen molar-refractivity contribution in [1.82, 2.24) is 10.2 Å². The van der Waals surface area contributed by atoms with Crippen LogP contribution in [0, 0.1) is 5.82 Å². The number of nitrogens with zero attached hydrogens (tertiary/aromatic N) is 1. The van der Waals surface area contributed by atoms with Gasteiger partial charge < -0.3 is 10.2 Å². The van der Waals surface area contributed by atoms with E-state index in [1.54, 1.807) is 36.2 Å². The molecule has 0 fully saturated rings. The minimum Gasteiger partial charge on any atom is -0.348 e. The van der Waals surface area contributed by atoms with Gasteiger partial charge >= 0.3 is 0 Å². The zero-order chi connectivity index (χ0) is 24.9. The first-order chi connectivity index (χ1) is 16.1. The Morgan fingerprint density at radius 1 is 0.941 bits per heavy atom. The maximum Gasteiger partial charge on any atom is 0.261 e. The van der Waals surface area contributed by atoms with Crippen molar-refractivity contribution in [3.8, 4) is 0 Å². The summed E-state index contributed by atoms with van der Waals surface area (Å²) in [5.41, 5.74) is 1.72. The summed E-state index contributed by atoms with van der Waals surface area (Å²) < 4.78 is 40.7. The smallest absolute Gasteiger partial charge is 0.261 e. The van der Waals surface area contributed by atoms with Crippen molar-refractivity contribution in [1.29, 1.82) is 0 Å². The second kappa shape index (κ2) is 10.5. The minimum atomic E-state index is -3.96. The number of carbonyl (C=O) groups is 2. The van der Waals surface area contributed by atoms with Gasteiger partial charge in [-0.05, 0) is 74.0 Å². The quantitative estimate of drug-likeness (QED) is 0.506. The van der Waals surface area contributed by atoms with E-state index < -0.39 is 21.7 Å². The first-order valence-electron chi connectivity index (χ1n) is 10.6. The highest BCUT2D eigenvalue weighted by molar-refractivity contribution is 7.92. The van der Waals surface area contributed by atoms with Crippen LogP contribution in [0.1, 0.15) is 40.1 Å². The molecule has 0 spiro atoms. The van der Waals surface area contributed by atoms with Gasteiger partial charge in [0.2, 0.25) is 0 Å². The summed E-state index contributed by atoms with van der Waals surface area (Å²) in [7, 11) is -2.22. The number of rotatable bonds is 8. The number of sulfonamides is 1. The predicted octanol–water partition coefficient (Wildman–Crippen LogP) is 4.04. The number of hydrogen-bond acceptors (Lipinski definition) is 4. The maximum absolute atomic E-state index is 13.1. The molecule has 34 heavy (non-hydrogen) atoms. The molecule has 0 aromatic heterocycles. The van der Waals surface area contributed by atoms with Crippen LogP contribution in [-0.2, 0) is 16.6 Å². The van der Waals surface area contributed by atoms with Crippen molar-refractivity contribution in [3.05, 3.63) is 95.3 Å². The first kappa shape index (κ1) is 24.9. The molecule has 7 nitrogen and oxygen atoms in total. The van der Waals surface area contributed by atoms with Crippen LogP contribution >= 0.6 is 0 Å². The molecule has 3 aromatic carbocycles. The third-order valence-corrected chi connectivity index (χ3v) is 6.63. The normalized spacial score (nSPS) is 11.2. The summed E-state index contributed by atoms with van der Waals surface area (Å²) in [5, 5.41) is 2.75. The third kappa shape index (κ3) is 6.20. The lowest BCUT2D eigenvalue weighted by Gasteiger charge is -2.21. The average molecular weight is 484 g/mol. The van der Waals surface area contributed by atoms with E-state index in [0.717, 1.165) is 17.7 Å².